The van der Waals surface area contributed by atoms with Gasteiger partial charge in [-0.05, 0) is 30.5 Å². The predicted molar refractivity (Wildman–Crippen MR) is 62.9 cm³/mol. The zero-order valence-corrected chi connectivity index (χ0v) is 9.43. The molecule has 82 valence electrons. The number of para-hydroxylation sites is 1. The second-order valence-electron chi connectivity index (χ2n) is 4.20. The molecule has 0 aromatic heterocycles. The molecule has 2 nitrogen and oxygen atoms in total. The van der Waals surface area contributed by atoms with E-state index in [1.807, 2.05) is 0 Å². The highest BCUT2D eigenvalue weighted by molar-refractivity contribution is 5.85. The first-order valence-electron chi connectivity index (χ1n) is 5.37. The Kier molecular flexibility index (Phi) is 3.17. The lowest BCUT2D eigenvalue weighted by Gasteiger charge is -2.15. The zero-order chi connectivity index (χ0) is 9.38. The molecule has 1 fully saturated rings. The molecule has 0 amide bonds. The fraction of sp³-hybridized carbons (Fsp3) is 0.500. The molecule has 2 aliphatic heterocycles. The summed E-state index contributed by atoms with van der Waals surface area (Å²) in [6.45, 7) is 3.15. The van der Waals surface area contributed by atoms with Crippen molar-refractivity contribution in [1.29, 1.82) is 0 Å². The lowest BCUT2D eigenvalue weighted by Crippen LogP contribution is -2.11. The molecule has 3 heteroatoms. The van der Waals surface area contributed by atoms with Gasteiger partial charge in [-0.2, -0.15) is 0 Å². The molecule has 0 aliphatic carbocycles. The smallest absolute Gasteiger partial charge is 0.122 e. The topological polar surface area (TPSA) is 21.3 Å². The zero-order valence-electron chi connectivity index (χ0n) is 8.61. The van der Waals surface area contributed by atoms with Gasteiger partial charge in [-0.25, -0.2) is 0 Å². The van der Waals surface area contributed by atoms with Crippen LogP contribution in [0, 0.1) is 5.92 Å². The minimum atomic E-state index is 0. The van der Waals surface area contributed by atoms with E-state index in [9.17, 15) is 0 Å². The monoisotopic (exact) mass is 225 g/mol. The number of hydrogen-bond donors (Lipinski definition) is 1. The van der Waals surface area contributed by atoms with Crippen molar-refractivity contribution < 1.29 is 4.74 Å². The molecule has 1 unspecified atom stereocenters. The van der Waals surface area contributed by atoms with E-state index in [4.69, 9.17) is 4.74 Å². The Bertz CT molecular complexity index is 342. The Morgan fingerprint density at radius 1 is 1.20 bits per heavy atom. The van der Waals surface area contributed by atoms with Crippen LogP contribution in [-0.4, -0.2) is 19.7 Å². The lowest BCUT2D eigenvalue weighted by molar-refractivity contribution is 0.296. The Hall–Kier alpha value is -0.730. The van der Waals surface area contributed by atoms with Gasteiger partial charge in [0, 0.05) is 12.5 Å². The first kappa shape index (κ1) is 10.8. The van der Waals surface area contributed by atoms with Gasteiger partial charge in [-0.15, -0.1) is 12.4 Å². The van der Waals surface area contributed by atoms with Crippen molar-refractivity contribution in [1.82, 2.24) is 5.32 Å². The van der Waals surface area contributed by atoms with Gasteiger partial charge in [0.2, 0.25) is 0 Å². The van der Waals surface area contributed by atoms with Crippen LogP contribution >= 0.6 is 12.4 Å². The number of ether oxygens (including phenoxy) is 1. The quantitative estimate of drug-likeness (QED) is 0.731. The van der Waals surface area contributed by atoms with Gasteiger partial charge in [-0.3, -0.25) is 0 Å². The average molecular weight is 226 g/mol. The molecule has 15 heavy (non-hydrogen) atoms. The molecule has 2 heterocycles. The summed E-state index contributed by atoms with van der Waals surface area (Å²) >= 11 is 0. The van der Waals surface area contributed by atoms with Gasteiger partial charge in [0.05, 0.1) is 6.61 Å². The largest absolute Gasteiger partial charge is 0.493 e. The van der Waals surface area contributed by atoms with Crippen LogP contribution in [0.2, 0.25) is 0 Å². The highest BCUT2D eigenvalue weighted by Crippen LogP contribution is 2.38. The van der Waals surface area contributed by atoms with Crippen molar-refractivity contribution in [2.75, 3.05) is 19.7 Å². The second kappa shape index (κ2) is 4.42. The van der Waals surface area contributed by atoms with E-state index in [1.165, 1.54) is 12.0 Å². The maximum Gasteiger partial charge on any atom is 0.122 e. The highest BCUT2D eigenvalue weighted by atomic mass is 35.5. The van der Waals surface area contributed by atoms with Crippen molar-refractivity contribution in [3.63, 3.8) is 0 Å². The summed E-state index contributed by atoms with van der Waals surface area (Å²) in [6.07, 6.45) is 1.19. The van der Waals surface area contributed by atoms with Crippen LogP contribution in [0.3, 0.4) is 0 Å². The predicted octanol–water partition coefficient (Wildman–Crippen LogP) is 2.19. The minimum absolute atomic E-state index is 0. The van der Waals surface area contributed by atoms with Gasteiger partial charge in [-0.1, -0.05) is 18.2 Å². The fourth-order valence-corrected chi connectivity index (χ4v) is 2.64. The third kappa shape index (κ3) is 1.84. The molecule has 2 atom stereocenters. The van der Waals surface area contributed by atoms with Crippen molar-refractivity contribution in [2.45, 2.75) is 12.3 Å². The summed E-state index contributed by atoms with van der Waals surface area (Å²) in [5.41, 5.74) is 1.40. The highest BCUT2D eigenvalue weighted by Gasteiger charge is 2.32. The van der Waals surface area contributed by atoms with E-state index >= 15 is 0 Å². The summed E-state index contributed by atoms with van der Waals surface area (Å²) in [4.78, 5) is 0. The molecule has 1 saturated heterocycles. The number of benzene rings is 1. The molecule has 1 N–H and O–H groups in total. The normalized spacial score (nSPS) is 28.0. The van der Waals surface area contributed by atoms with Crippen LogP contribution in [0.5, 0.6) is 5.75 Å². The van der Waals surface area contributed by atoms with Crippen LogP contribution in [0.1, 0.15) is 17.9 Å². The Morgan fingerprint density at radius 3 is 3.00 bits per heavy atom. The van der Waals surface area contributed by atoms with Crippen molar-refractivity contribution in [2.24, 2.45) is 5.92 Å². The Labute approximate surface area is 96.4 Å². The van der Waals surface area contributed by atoms with Gasteiger partial charge in [0.25, 0.3) is 0 Å². The van der Waals surface area contributed by atoms with Crippen LogP contribution in [-0.2, 0) is 0 Å². The maximum atomic E-state index is 5.76. The second-order valence-corrected chi connectivity index (χ2v) is 4.20. The SMILES string of the molecule is Cl.c1ccc2c(c1)OCCC1CNC[C@H]21. The molecule has 0 spiro atoms. The molecule has 3 rings (SSSR count). The Morgan fingerprint density at radius 2 is 2.07 bits per heavy atom. The summed E-state index contributed by atoms with van der Waals surface area (Å²) in [5.74, 6) is 2.55. The van der Waals surface area contributed by atoms with E-state index in [1.54, 1.807) is 0 Å². The third-order valence-electron chi connectivity index (χ3n) is 3.40. The lowest BCUT2D eigenvalue weighted by atomic mass is 9.87. The molecule has 0 saturated carbocycles. The first-order valence-corrected chi connectivity index (χ1v) is 5.37. The van der Waals surface area contributed by atoms with E-state index in [-0.39, 0.29) is 12.4 Å². The maximum absolute atomic E-state index is 5.76. The van der Waals surface area contributed by atoms with Gasteiger partial charge in [0.1, 0.15) is 5.75 Å². The third-order valence-corrected chi connectivity index (χ3v) is 3.40. The van der Waals surface area contributed by atoms with E-state index in [2.05, 4.69) is 29.6 Å². The summed E-state index contributed by atoms with van der Waals surface area (Å²) in [6, 6.07) is 8.48. The van der Waals surface area contributed by atoms with Crippen molar-refractivity contribution in [3.8, 4) is 5.75 Å². The number of halogens is 1. The van der Waals surface area contributed by atoms with Gasteiger partial charge in [0.15, 0.2) is 0 Å². The molecule has 0 radical (unpaired) electrons. The van der Waals surface area contributed by atoms with Gasteiger partial charge >= 0.3 is 0 Å². The molecule has 1 aromatic rings. The van der Waals surface area contributed by atoms with Crippen LogP contribution in [0.15, 0.2) is 24.3 Å². The summed E-state index contributed by atoms with van der Waals surface area (Å²) < 4.78 is 5.76. The van der Waals surface area contributed by atoms with E-state index < -0.39 is 0 Å². The molecule has 1 aromatic carbocycles. The van der Waals surface area contributed by atoms with Crippen LogP contribution in [0.4, 0.5) is 0 Å². The van der Waals surface area contributed by atoms with Gasteiger partial charge < -0.3 is 10.1 Å². The number of fused-ring (bicyclic) bond motifs is 3. The molecular formula is C12H16ClNO. The molecular weight excluding hydrogens is 210 g/mol. The van der Waals surface area contributed by atoms with Crippen molar-refractivity contribution >= 4 is 12.4 Å². The van der Waals surface area contributed by atoms with Crippen LogP contribution < -0.4 is 10.1 Å². The molecule has 2 aliphatic rings. The Balaban J connectivity index is 0.000000853. The van der Waals surface area contributed by atoms with Crippen molar-refractivity contribution in [3.05, 3.63) is 29.8 Å². The fourth-order valence-electron chi connectivity index (χ4n) is 2.64. The minimum Gasteiger partial charge on any atom is -0.493 e. The molecule has 0 bridgehead atoms. The standard InChI is InChI=1S/C12H15NO.ClH/c1-2-4-12-10(3-1)11-8-13-7-9(11)5-6-14-12;/h1-4,9,11,13H,5-8H2;1H/t9?,11-;/m0./s1. The average Bonchev–Trinajstić information content (AvgIpc) is 2.61. The number of rotatable bonds is 0. The van der Waals surface area contributed by atoms with E-state index in [0.717, 1.165) is 31.4 Å². The van der Waals surface area contributed by atoms with Crippen LogP contribution in [0.25, 0.3) is 0 Å². The summed E-state index contributed by atoms with van der Waals surface area (Å²) in [7, 11) is 0. The number of nitrogens with one attached hydrogen (secondary N) is 1. The summed E-state index contributed by atoms with van der Waals surface area (Å²) in [5, 5.41) is 3.48. The first-order chi connectivity index (χ1) is 6.95. The van der Waals surface area contributed by atoms with E-state index in [0.29, 0.717) is 5.92 Å². The number of hydrogen-bond acceptors (Lipinski definition) is 2.